The molecule has 0 fully saturated rings. The van der Waals surface area contributed by atoms with Gasteiger partial charge in [0, 0.05) is 6.54 Å². The molecule has 0 bridgehead atoms. The molecule has 0 saturated heterocycles. The Morgan fingerprint density at radius 3 is 2.88 bits per heavy atom. The molecule has 1 aliphatic carbocycles. The molecule has 88 valence electrons. The number of nitrogens with zero attached hydrogens (tertiary/aromatic N) is 1. The first-order chi connectivity index (χ1) is 7.56. The van der Waals surface area contributed by atoms with Crippen LogP contribution < -0.4 is 5.32 Å². The predicted molar refractivity (Wildman–Crippen MR) is 63.6 cm³/mol. The van der Waals surface area contributed by atoms with Crippen molar-refractivity contribution >= 4 is 5.91 Å². The molecule has 3 nitrogen and oxygen atoms in total. The maximum atomic E-state index is 11.6. The average molecular weight is 220 g/mol. The molecular weight excluding hydrogens is 200 g/mol. The van der Waals surface area contributed by atoms with E-state index in [-0.39, 0.29) is 5.91 Å². The standard InChI is InChI=1S/C13H20N2O/c1-13(2,10-14)12(16)15-9-8-11-6-4-3-5-7-11/h6H,3-5,7-9H2,1-2H3,(H,15,16). The predicted octanol–water partition coefficient (Wildman–Crippen LogP) is 2.54. The summed E-state index contributed by atoms with van der Waals surface area (Å²) in [6.45, 7) is 3.93. The lowest BCUT2D eigenvalue weighted by atomic mass is 9.94. The molecule has 0 atom stereocenters. The van der Waals surface area contributed by atoms with Gasteiger partial charge in [0.25, 0.3) is 0 Å². The number of hydrogen-bond donors (Lipinski definition) is 1. The van der Waals surface area contributed by atoms with E-state index < -0.39 is 5.41 Å². The maximum absolute atomic E-state index is 11.6. The van der Waals surface area contributed by atoms with Gasteiger partial charge in [-0.3, -0.25) is 4.79 Å². The van der Waals surface area contributed by atoms with Crippen molar-refractivity contribution in [3.63, 3.8) is 0 Å². The van der Waals surface area contributed by atoms with Crippen LogP contribution in [0.25, 0.3) is 0 Å². The van der Waals surface area contributed by atoms with Crippen LogP contribution in [0.2, 0.25) is 0 Å². The van der Waals surface area contributed by atoms with Crippen molar-refractivity contribution in [2.24, 2.45) is 5.41 Å². The minimum Gasteiger partial charge on any atom is -0.354 e. The van der Waals surface area contributed by atoms with E-state index in [2.05, 4.69) is 11.4 Å². The van der Waals surface area contributed by atoms with E-state index in [1.54, 1.807) is 13.8 Å². The number of hydrogen-bond acceptors (Lipinski definition) is 2. The fourth-order valence-corrected chi connectivity index (χ4v) is 1.74. The largest absolute Gasteiger partial charge is 0.354 e. The smallest absolute Gasteiger partial charge is 0.239 e. The second-order valence-corrected chi connectivity index (χ2v) is 4.85. The van der Waals surface area contributed by atoms with Gasteiger partial charge in [0.1, 0.15) is 5.41 Å². The fraction of sp³-hybridized carbons (Fsp3) is 0.692. The number of carbonyl (C=O) groups is 1. The molecule has 0 aliphatic heterocycles. The van der Waals surface area contributed by atoms with E-state index in [4.69, 9.17) is 5.26 Å². The zero-order valence-electron chi connectivity index (χ0n) is 10.2. The van der Waals surface area contributed by atoms with Crippen molar-refractivity contribution in [1.29, 1.82) is 5.26 Å². The highest BCUT2D eigenvalue weighted by molar-refractivity contribution is 5.84. The Hall–Kier alpha value is -1.30. The Labute approximate surface area is 97.5 Å². The fourth-order valence-electron chi connectivity index (χ4n) is 1.74. The Balaban J connectivity index is 2.28. The zero-order valence-corrected chi connectivity index (χ0v) is 10.2. The van der Waals surface area contributed by atoms with Gasteiger partial charge in [-0.05, 0) is 46.0 Å². The van der Waals surface area contributed by atoms with Gasteiger partial charge in [-0.1, -0.05) is 11.6 Å². The van der Waals surface area contributed by atoms with Crippen LogP contribution in [-0.2, 0) is 4.79 Å². The molecule has 1 rings (SSSR count). The van der Waals surface area contributed by atoms with Crippen molar-refractivity contribution in [3.05, 3.63) is 11.6 Å². The van der Waals surface area contributed by atoms with Crippen LogP contribution >= 0.6 is 0 Å². The van der Waals surface area contributed by atoms with Crippen LogP contribution in [0.4, 0.5) is 0 Å². The topological polar surface area (TPSA) is 52.9 Å². The van der Waals surface area contributed by atoms with E-state index in [0.29, 0.717) is 6.54 Å². The van der Waals surface area contributed by atoms with Crippen LogP contribution in [0, 0.1) is 16.7 Å². The third-order valence-corrected chi connectivity index (χ3v) is 2.96. The van der Waals surface area contributed by atoms with Crippen molar-refractivity contribution in [3.8, 4) is 6.07 Å². The number of amides is 1. The van der Waals surface area contributed by atoms with Gasteiger partial charge < -0.3 is 5.32 Å². The molecule has 0 unspecified atom stereocenters. The SMILES string of the molecule is CC(C)(C#N)C(=O)NCCC1=CCCCC1. The second kappa shape index (κ2) is 5.69. The third kappa shape index (κ3) is 3.69. The monoisotopic (exact) mass is 220 g/mol. The first kappa shape index (κ1) is 12.8. The summed E-state index contributed by atoms with van der Waals surface area (Å²) >= 11 is 0. The summed E-state index contributed by atoms with van der Waals surface area (Å²) in [5.41, 5.74) is 0.530. The number of nitrogens with one attached hydrogen (secondary N) is 1. The number of nitriles is 1. The van der Waals surface area contributed by atoms with E-state index >= 15 is 0 Å². The molecule has 0 heterocycles. The molecule has 1 amide bonds. The highest BCUT2D eigenvalue weighted by atomic mass is 16.2. The molecule has 16 heavy (non-hydrogen) atoms. The minimum atomic E-state index is -0.916. The quantitative estimate of drug-likeness (QED) is 0.740. The van der Waals surface area contributed by atoms with Crippen molar-refractivity contribution in [1.82, 2.24) is 5.32 Å². The van der Waals surface area contributed by atoms with Gasteiger partial charge in [0.15, 0.2) is 0 Å². The van der Waals surface area contributed by atoms with Gasteiger partial charge >= 0.3 is 0 Å². The molecule has 1 N–H and O–H groups in total. The van der Waals surface area contributed by atoms with E-state index in [9.17, 15) is 4.79 Å². The van der Waals surface area contributed by atoms with Crippen LogP contribution in [-0.4, -0.2) is 12.5 Å². The lowest BCUT2D eigenvalue weighted by Crippen LogP contribution is -2.36. The third-order valence-electron chi connectivity index (χ3n) is 2.96. The van der Waals surface area contributed by atoms with E-state index in [1.807, 2.05) is 6.07 Å². The minimum absolute atomic E-state index is 0.175. The summed E-state index contributed by atoms with van der Waals surface area (Å²) in [7, 11) is 0. The second-order valence-electron chi connectivity index (χ2n) is 4.85. The first-order valence-electron chi connectivity index (χ1n) is 5.94. The van der Waals surface area contributed by atoms with Crippen LogP contribution in [0.1, 0.15) is 46.0 Å². The molecule has 0 saturated carbocycles. The summed E-state index contributed by atoms with van der Waals surface area (Å²) in [6, 6.07) is 2.00. The molecule has 1 aliphatic rings. The van der Waals surface area contributed by atoms with Crippen molar-refractivity contribution < 1.29 is 4.79 Å². The zero-order chi connectivity index (χ0) is 12.0. The summed E-state index contributed by atoms with van der Waals surface area (Å²) in [4.78, 5) is 11.6. The molecule has 0 aromatic rings. The lowest BCUT2D eigenvalue weighted by molar-refractivity contribution is -0.126. The Morgan fingerprint density at radius 1 is 1.56 bits per heavy atom. The molecule has 0 radical (unpaired) electrons. The molecular formula is C13H20N2O. The first-order valence-corrected chi connectivity index (χ1v) is 5.94. The lowest BCUT2D eigenvalue weighted by Gasteiger charge is -2.16. The highest BCUT2D eigenvalue weighted by Gasteiger charge is 2.26. The van der Waals surface area contributed by atoms with Crippen LogP contribution in [0.5, 0.6) is 0 Å². The van der Waals surface area contributed by atoms with Gasteiger partial charge in [0.2, 0.25) is 5.91 Å². The van der Waals surface area contributed by atoms with Crippen LogP contribution in [0.3, 0.4) is 0 Å². The number of rotatable bonds is 4. The number of allylic oxidation sites excluding steroid dienone is 1. The summed E-state index contributed by atoms with van der Waals surface area (Å²) in [5.74, 6) is -0.175. The van der Waals surface area contributed by atoms with Crippen molar-refractivity contribution in [2.45, 2.75) is 46.0 Å². The summed E-state index contributed by atoms with van der Waals surface area (Å²) in [5, 5.41) is 11.6. The Kier molecular flexibility index (Phi) is 4.54. The Bertz CT molecular complexity index is 323. The van der Waals surface area contributed by atoms with Crippen LogP contribution in [0.15, 0.2) is 11.6 Å². The highest BCUT2D eigenvalue weighted by Crippen LogP contribution is 2.19. The van der Waals surface area contributed by atoms with Gasteiger partial charge in [-0.15, -0.1) is 0 Å². The normalized spacial score (nSPS) is 16.2. The molecule has 3 heteroatoms. The summed E-state index contributed by atoms with van der Waals surface area (Å²) < 4.78 is 0. The Morgan fingerprint density at radius 2 is 2.31 bits per heavy atom. The van der Waals surface area contributed by atoms with Gasteiger partial charge in [-0.2, -0.15) is 5.26 Å². The van der Waals surface area contributed by atoms with E-state index in [0.717, 1.165) is 12.8 Å². The van der Waals surface area contributed by atoms with Gasteiger partial charge in [-0.25, -0.2) is 0 Å². The maximum Gasteiger partial charge on any atom is 0.239 e. The number of carbonyl (C=O) groups excluding carboxylic acids is 1. The molecule has 0 spiro atoms. The molecule has 0 aromatic carbocycles. The van der Waals surface area contributed by atoms with Gasteiger partial charge in [0.05, 0.1) is 6.07 Å². The molecule has 0 aromatic heterocycles. The van der Waals surface area contributed by atoms with Crippen molar-refractivity contribution in [2.75, 3.05) is 6.54 Å². The summed E-state index contributed by atoms with van der Waals surface area (Å²) in [6.07, 6.45) is 8.10. The van der Waals surface area contributed by atoms with E-state index in [1.165, 1.54) is 24.8 Å². The average Bonchev–Trinajstić information content (AvgIpc) is 2.30.